The van der Waals surface area contributed by atoms with Crippen molar-refractivity contribution in [3.05, 3.63) is 41.4 Å². The average Bonchev–Trinajstić information content (AvgIpc) is 3.30. The van der Waals surface area contributed by atoms with E-state index < -0.39 is 41.7 Å². The van der Waals surface area contributed by atoms with E-state index >= 15 is 0 Å². The Kier molecular flexibility index (Phi) is 7.33. The zero-order valence-corrected chi connectivity index (χ0v) is 20.7. The Morgan fingerprint density at radius 2 is 1.73 bits per heavy atom. The van der Waals surface area contributed by atoms with Crippen molar-refractivity contribution < 1.29 is 28.9 Å². The van der Waals surface area contributed by atoms with E-state index in [-0.39, 0.29) is 6.54 Å². The summed E-state index contributed by atoms with van der Waals surface area (Å²) < 4.78 is 16.1. The van der Waals surface area contributed by atoms with Crippen molar-refractivity contribution in [2.45, 2.75) is 77.4 Å². The van der Waals surface area contributed by atoms with Crippen molar-refractivity contribution in [1.29, 1.82) is 0 Å². The molecule has 1 saturated heterocycles. The van der Waals surface area contributed by atoms with E-state index in [1.54, 1.807) is 59.1 Å². The molecule has 1 aliphatic rings. The Balaban J connectivity index is 1.77. The number of benzene rings is 1. The number of likely N-dealkylation sites (tertiary alicyclic amines) is 1. The van der Waals surface area contributed by atoms with E-state index in [2.05, 4.69) is 4.98 Å². The Morgan fingerprint density at radius 1 is 1.09 bits per heavy atom. The minimum Gasteiger partial charge on any atom is -0.444 e. The standard InChI is InChI=1S/C24H32N2O6S/c1-23(2,3)31-21(28)26-14-18(30-22(29)32-24(4,5)6)19(27)17(26)13-15-7-9-16(10-8-15)20-25-11-12-33-20/h7-12,17-19,27H,13-14H2,1-6H3/t17-,18-,19-/m0/s1. The number of amides is 1. The first-order valence-corrected chi connectivity index (χ1v) is 11.8. The van der Waals surface area contributed by atoms with Gasteiger partial charge in [-0.25, -0.2) is 14.6 Å². The average molecular weight is 477 g/mol. The monoisotopic (exact) mass is 476 g/mol. The molecule has 1 N–H and O–H groups in total. The van der Waals surface area contributed by atoms with Gasteiger partial charge in [-0.1, -0.05) is 24.3 Å². The van der Waals surface area contributed by atoms with Gasteiger partial charge >= 0.3 is 12.2 Å². The van der Waals surface area contributed by atoms with Crippen LogP contribution in [0.1, 0.15) is 47.1 Å². The highest BCUT2D eigenvalue weighted by Crippen LogP contribution is 2.28. The Hall–Kier alpha value is -2.65. The molecule has 0 radical (unpaired) electrons. The molecule has 180 valence electrons. The van der Waals surface area contributed by atoms with Crippen LogP contribution in [0, 0.1) is 0 Å². The summed E-state index contributed by atoms with van der Waals surface area (Å²) in [5.41, 5.74) is 0.484. The number of carbonyl (C=O) groups excluding carboxylic acids is 2. The lowest BCUT2D eigenvalue weighted by molar-refractivity contribution is -0.0486. The van der Waals surface area contributed by atoms with Gasteiger partial charge in [-0.15, -0.1) is 11.3 Å². The second-order valence-electron chi connectivity index (χ2n) is 10.0. The van der Waals surface area contributed by atoms with E-state index in [1.807, 2.05) is 29.6 Å². The Bertz CT molecular complexity index is 947. The van der Waals surface area contributed by atoms with Gasteiger partial charge in [0.15, 0.2) is 6.10 Å². The summed E-state index contributed by atoms with van der Waals surface area (Å²) in [6.07, 6.45) is -1.35. The smallest absolute Gasteiger partial charge is 0.444 e. The molecule has 1 aromatic heterocycles. The normalized spacial score (nSPS) is 21.1. The molecule has 0 bridgehead atoms. The summed E-state index contributed by atoms with van der Waals surface area (Å²) in [6, 6.07) is 7.18. The zero-order valence-electron chi connectivity index (χ0n) is 19.9. The molecule has 1 aliphatic heterocycles. The number of hydrogen-bond donors (Lipinski definition) is 1. The van der Waals surface area contributed by atoms with Crippen molar-refractivity contribution in [2.75, 3.05) is 6.54 Å². The molecular weight excluding hydrogens is 444 g/mol. The third kappa shape index (κ3) is 6.91. The van der Waals surface area contributed by atoms with Gasteiger partial charge in [0.25, 0.3) is 0 Å². The van der Waals surface area contributed by atoms with Gasteiger partial charge in [-0.3, -0.25) is 4.90 Å². The Labute approximate surface area is 198 Å². The second kappa shape index (κ2) is 9.69. The number of aliphatic hydroxyl groups is 1. The number of aliphatic hydroxyl groups excluding tert-OH is 1. The van der Waals surface area contributed by atoms with Gasteiger partial charge in [0.05, 0.1) is 12.6 Å². The number of rotatable bonds is 4. The lowest BCUT2D eigenvalue weighted by Crippen LogP contribution is -2.43. The highest BCUT2D eigenvalue weighted by Gasteiger charge is 2.47. The molecule has 0 spiro atoms. The molecule has 2 heterocycles. The summed E-state index contributed by atoms with van der Waals surface area (Å²) in [6.45, 7) is 10.5. The van der Waals surface area contributed by atoms with Crippen LogP contribution in [0.4, 0.5) is 9.59 Å². The van der Waals surface area contributed by atoms with Crippen LogP contribution < -0.4 is 0 Å². The molecule has 1 aromatic carbocycles. The fourth-order valence-corrected chi connectivity index (χ4v) is 4.17. The van der Waals surface area contributed by atoms with Gasteiger partial charge in [0, 0.05) is 17.1 Å². The van der Waals surface area contributed by atoms with Crippen molar-refractivity contribution in [3.8, 4) is 10.6 Å². The second-order valence-corrected chi connectivity index (χ2v) is 10.9. The van der Waals surface area contributed by atoms with Gasteiger partial charge in [0.1, 0.15) is 22.3 Å². The molecule has 0 saturated carbocycles. The van der Waals surface area contributed by atoms with Crippen molar-refractivity contribution in [3.63, 3.8) is 0 Å². The number of ether oxygens (including phenoxy) is 3. The van der Waals surface area contributed by atoms with Crippen LogP contribution in [-0.2, 0) is 20.6 Å². The molecule has 1 fully saturated rings. The molecule has 9 heteroatoms. The largest absolute Gasteiger partial charge is 0.509 e. The van der Waals surface area contributed by atoms with E-state index in [9.17, 15) is 14.7 Å². The van der Waals surface area contributed by atoms with Crippen molar-refractivity contribution in [2.24, 2.45) is 0 Å². The summed E-state index contributed by atoms with van der Waals surface area (Å²) >= 11 is 1.55. The molecule has 3 atom stereocenters. The first kappa shape index (κ1) is 25.0. The highest BCUT2D eigenvalue weighted by molar-refractivity contribution is 7.13. The summed E-state index contributed by atoms with van der Waals surface area (Å²) in [5.74, 6) is 0. The number of nitrogens with zero attached hydrogens (tertiary/aromatic N) is 2. The molecule has 8 nitrogen and oxygen atoms in total. The van der Waals surface area contributed by atoms with Crippen LogP contribution in [0.2, 0.25) is 0 Å². The van der Waals surface area contributed by atoms with Crippen LogP contribution >= 0.6 is 11.3 Å². The van der Waals surface area contributed by atoms with E-state index in [1.165, 1.54) is 4.90 Å². The molecule has 1 amide bonds. The van der Waals surface area contributed by atoms with Gasteiger partial charge < -0.3 is 19.3 Å². The number of aromatic nitrogens is 1. The SMILES string of the molecule is CC(C)(C)OC(=O)O[C@H]1CN(C(=O)OC(C)(C)C)[C@@H](Cc2ccc(-c3nccs3)cc2)[C@@H]1O. The van der Waals surface area contributed by atoms with Crippen LogP contribution in [0.25, 0.3) is 10.6 Å². The van der Waals surface area contributed by atoms with Crippen molar-refractivity contribution >= 4 is 23.6 Å². The number of carbonyl (C=O) groups is 2. The van der Waals surface area contributed by atoms with Crippen LogP contribution in [-0.4, -0.2) is 63.2 Å². The van der Waals surface area contributed by atoms with Gasteiger partial charge in [-0.2, -0.15) is 0 Å². The predicted molar refractivity (Wildman–Crippen MR) is 125 cm³/mol. The van der Waals surface area contributed by atoms with Crippen LogP contribution in [0.15, 0.2) is 35.8 Å². The molecular formula is C24H32N2O6S. The summed E-state index contributed by atoms with van der Waals surface area (Å²) in [4.78, 5) is 30.8. The minimum atomic E-state index is -1.09. The first-order chi connectivity index (χ1) is 15.3. The predicted octanol–water partition coefficient (Wildman–Crippen LogP) is 4.65. The highest BCUT2D eigenvalue weighted by atomic mass is 32.1. The zero-order chi connectivity index (χ0) is 24.4. The Morgan fingerprint density at radius 3 is 2.27 bits per heavy atom. The third-order valence-electron chi connectivity index (χ3n) is 4.90. The fraction of sp³-hybridized carbons (Fsp3) is 0.542. The molecule has 0 aliphatic carbocycles. The van der Waals surface area contributed by atoms with Gasteiger partial charge in [0.2, 0.25) is 0 Å². The summed E-state index contributed by atoms with van der Waals surface area (Å²) in [7, 11) is 0. The maximum Gasteiger partial charge on any atom is 0.509 e. The maximum absolute atomic E-state index is 12.9. The van der Waals surface area contributed by atoms with Crippen LogP contribution in [0.3, 0.4) is 0 Å². The van der Waals surface area contributed by atoms with Crippen molar-refractivity contribution in [1.82, 2.24) is 9.88 Å². The molecule has 3 rings (SSSR count). The number of hydrogen-bond acceptors (Lipinski definition) is 8. The minimum absolute atomic E-state index is 0.0111. The molecule has 2 aromatic rings. The third-order valence-corrected chi connectivity index (χ3v) is 5.72. The topological polar surface area (TPSA) is 98.2 Å². The number of thiazole rings is 1. The van der Waals surface area contributed by atoms with Gasteiger partial charge in [-0.05, 0) is 53.5 Å². The van der Waals surface area contributed by atoms with E-state index in [0.29, 0.717) is 6.42 Å². The maximum atomic E-state index is 12.9. The summed E-state index contributed by atoms with van der Waals surface area (Å²) in [5, 5.41) is 13.8. The molecule has 0 unspecified atom stereocenters. The lowest BCUT2D eigenvalue weighted by atomic mass is 10.00. The lowest BCUT2D eigenvalue weighted by Gasteiger charge is -2.29. The van der Waals surface area contributed by atoms with E-state index in [4.69, 9.17) is 14.2 Å². The first-order valence-electron chi connectivity index (χ1n) is 10.9. The van der Waals surface area contributed by atoms with Crippen LogP contribution in [0.5, 0.6) is 0 Å². The quantitative estimate of drug-likeness (QED) is 0.641. The fourth-order valence-electron chi connectivity index (χ4n) is 3.53. The molecule has 33 heavy (non-hydrogen) atoms. The van der Waals surface area contributed by atoms with E-state index in [0.717, 1.165) is 16.1 Å².